The van der Waals surface area contributed by atoms with E-state index >= 15 is 0 Å². The molecule has 0 spiro atoms. The van der Waals surface area contributed by atoms with Gasteiger partial charge in [0, 0.05) is 37.7 Å². The number of nitrogens with zero attached hydrogens (tertiary/aromatic N) is 2. The van der Waals surface area contributed by atoms with Gasteiger partial charge in [0.05, 0.1) is 0 Å². The standard InChI is InChI=1S/C3H4N2S2.Y/c1-2-4-5-3(6)7-2;/h1H3,(H,5,6);/p-1. The largest absolute Gasteiger partial charge is 0.406 e. The van der Waals surface area contributed by atoms with E-state index in [-0.39, 0.29) is 32.7 Å². The summed E-state index contributed by atoms with van der Waals surface area (Å²) >= 11 is 6.11. The Labute approximate surface area is 82.4 Å². The first-order valence-corrected chi connectivity index (χ1v) is 2.98. The molecule has 0 saturated heterocycles. The van der Waals surface area contributed by atoms with E-state index in [9.17, 15) is 0 Å². The summed E-state index contributed by atoms with van der Waals surface area (Å²) in [6, 6.07) is 0. The molecule has 0 amide bonds. The van der Waals surface area contributed by atoms with Crippen LogP contribution < -0.4 is 0 Å². The van der Waals surface area contributed by atoms with Crippen molar-refractivity contribution in [2.45, 2.75) is 11.3 Å². The molecule has 0 unspecified atom stereocenters. The summed E-state index contributed by atoms with van der Waals surface area (Å²) < 4.78 is 0.623. The first kappa shape index (κ1) is 8.88. The molecule has 0 saturated carbocycles. The van der Waals surface area contributed by atoms with Crippen molar-refractivity contribution >= 4 is 24.0 Å². The van der Waals surface area contributed by atoms with E-state index in [2.05, 4.69) is 22.8 Å². The van der Waals surface area contributed by atoms with E-state index in [1.807, 2.05) is 6.92 Å². The zero-order chi connectivity index (χ0) is 5.28. The zero-order valence-corrected chi connectivity index (χ0v) is 8.76. The van der Waals surface area contributed by atoms with Crippen LogP contribution in [0, 0.1) is 6.92 Å². The minimum Gasteiger partial charge on any atom is -0.406 e. The number of aromatic nitrogens is 2. The van der Waals surface area contributed by atoms with Gasteiger partial charge in [-0.15, -0.1) is 0 Å². The van der Waals surface area contributed by atoms with Gasteiger partial charge in [-0.2, -0.15) is 10.2 Å². The Morgan fingerprint density at radius 3 is 2.25 bits per heavy atom. The SMILES string of the molecule is Cc1nnc([S-])s1.[Y]. The molecule has 8 heavy (non-hydrogen) atoms. The molecule has 0 aliphatic rings. The molecule has 0 aliphatic heterocycles. The Balaban J connectivity index is 0.000000490. The fourth-order valence-electron chi connectivity index (χ4n) is 0.278. The summed E-state index contributed by atoms with van der Waals surface area (Å²) in [5.41, 5.74) is 0. The maximum atomic E-state index is 4.68. The predicted octanol–water partition coefficient (Wildman–Crippen LogP) is 0.750. The minimum atomic E-state index is 0. The summed E-state index contributed by atoms with van der Waals surface area (Å²) in [5, 5.41) is 8.22. The van der Waals surface area contributed by atoms with Crippen LogP contribution in [0.15, 0.2) is 4.34 Å². The fraction of sp³-hybridized carbons (Fsp3) is 0.333. The van der Waals surface area contributed by atoms with Gasteiger partial charge in [0.15, 0.2) is 0 Å². The number of hydrogen-bond acceptors (Lipinski definition) is 4. The van der Waals surface area contributed by atoms with Crippen LogP contribution in [0.25, 0.3) is 0 Å². The van der Waals surface area contributed by atoms with Crippen molar-refractivity contribution in [1.82, 2.24) is 10.2 Å². The molecule has 5 heteroatoms. The molecule has 2 nitrogen and oxygen atoms in total. The monoisotopic (exact) mass is 220 g/mol. The molecule has 1 heterocycles. The Morgan fingerprint density at radius 2 is 2.12 bits per heavy atom. The molecule has 0 atom stereocenters. The van der Waals surface area contributed by atoms with Gasteiger partial charge in [-0.3, -0.25) is 0 Å². The van der Waals surface area contributed by atoms with Gasteiger partial charge < -0.3 is 24.0 Å². The quantitative estimate of drug-likeness (QED) is 0.603. The molecule has 1 aromatic rings. The van der Waals surface area contributed by atoms with Crippen LogP contribution in [0.5, 0.6) is 0 Å². The molecule has 0 aromatic carbocycles. The summed E-state index contributed by atoms with van der Waals surface area (Å²) in [6.07, 6.45) is 0. The van der Waals surface area contributed by atoms with Gasteiger partial charge >= 0.3 is 0 Å². The molecule has 0 N–H and O–H groups in total. The van der Waals surface area contributed by atoms with Crippen molar-refractivity contribution in [1.29, 1.82) is 0 Å². The van der Waals surface area contributed by atoms with Gasteiger partial charge in [0.25, 0.3) is 0 Å². The third-order valence-corrected chi connectivity index (χ3v) is 1.47. The third kappa shape index (κ3) is 2.44. The molecule has 1 rings (SSSR count). The molecular weight excluding hydrogens is 217 g/mol. The summed E-state index contributed by atoms with van der Waals surface area (Å²) in [6.45, 7) is 1.88. The maximum absolute atomic E-state index is 4.68. The van der Waals surface area contributed by atoms with Gasteiger partial charge in [0.2, 0.25) is 0 Å². The van der Waals surface area contributed by atoms with Crippen LogP contribution in [0.3, 0.4) is 0 Å². The smallest absolute Gasteiger partial charge is 0.0210 e. The Bertz CT molecular complexity index is 148. The molecule has 0 aliphatic carbocycles. The Hall–Kier alpha value is 0.884. The second-order valence-electron chi connectivity index (χ2n) is 1.09. The van der Waals surface area contributed by atoms with Crippen molar-refractivity contribution in [3.63, 3.8) is 0 Å². The molecule has 0 bridgehead atoms. The second kappa shape index (κ2) is 3.82. The average Bonchev–Trinajstić information content (AvgIpc) is 1.87. The first-order chi connectivity index (χ1) is 3.29. The molecule has 1 radical (unpaired) electrons. The van der Waals surface area contributed by atoms with Crippen LogP contribution in [0.2, 0.25) is 0 Å². The van der Waals surface area contributed by atoms with Crippen molar-refractivity contribution in [2.75, 3.05) is 0 Å². The molecule has 0 fully saturated rings. The summed E-state index contributed by atoms with van der Waals surface area (Å²) in [4.78, 5) is 0. The summed E-state index contributed by atoms with van der Waals surface area (Å²) in [5.74, 6) is 0. The van der Waals surface area contributed by atoms with Gasteiger partial charge in [-0.05, 0) is 11.3 Å². The van der Waals surface area contributed by atoms with Crippen molar-refractivity contribution < 1.29 is 32.7 Å². The third-order valence-electron chi connectivity index (χ3n) is 0.507. The topological polar surface area (TPSA) is 25.8 Å². The van der Waals surface area contributed by atoms with E-state index in [0.717, 1.165) is 5.01 Å². The molecule has 1 aromatic heterocycles. The van der Waals surface area contributed by atoms with Crippen LogP contribution in [0.4, 0.5) is 0 Å². The maximum Gasteiger partial charge on any atom is 0.0210 e. The van der Waals surface area contributed by atoms with Crippen LogP contribution in [-0.4, -0.2) is 10.2 Å². The van der Waals surface area contributed by atoms with E-state index in [1.54, 1.807) is 0 Å². The van der Waals surface area contributed by atoms with Crippen LogP contribution in [0.1, 0.15) is 5.01 Å². The Kier molecular flexibility index (Phi) is 4.25. The second-order valence-corrected chi connectivity index (χ2v) is 2.91. The van der Waals surface area contributed by atoms with Gasteiger partial charge in [-0.25, -0.2) is 0 Å². The fourth-order valence-corrected chi connectivity index (χ4v) is 1.10. The van der Waals surface area contributed by atoms with E-state index < -0.39 is 0 Å². The molecule has 41 valence electrons. The van der Waals surface area contributed by atoms with Crippen molar-refractivity contribution in [3.05, 3.63) is 5.01 Å². The van der Waals surface area contributed by atoms with Crippen LogP contribution in [-0.2, 0) is 45.3 Å². The van der Waals surface area contributed by atoms with Crippen molar-refractivity contribution in [3.8, 4) is 0 Å². The molecular formula is C3H3N2S2Y-. The number of aryl methyl sites for hydroxylation is 1. The zero-order valence-electron chi connectivity index (χ0n) is 4.29. The Morgan fingerprint density at radius 1 is 1.50 bits per heavy atom. The van der Waals surface area contributed by atoms with E-state index in [1.165, 1.54) is 11.3 Å². The average molecular weight is 220 g/mol. The minimum absolute atomic E-state index is 0. The van der Waals surface area contributed by atoms with E-state index in [4.69, 9.17) is 0 Å². The normalized spacial score (nSPS) is 8.12. The first-order valence-electron chi connectivity index (χ1n) is 1.76. The van der Waals surface area contributed by atoms with Gasteiger partial charge in [-0.1, -0.05) is 0 Å². The predicted molar refractivity (Wildman–Crippen MR) is 30.3 cm³/mol. The number of rotatable bonds is 0. The number of hydrogen-bond donors (Lipinski definition) is 0. The van der Waals surface area contributed by atoms with Gasteiger partial charge in [0.1, 0.15) is 0 Å². The van der Waals surface area contributed by atoms with E-state index in [0.29, 0.717) is 4.34 Å². The van der Waals surface area contributed by atoms with Crippen LogP contribution >= 0.6 is 11.3 Å². The summed E-state index contributed by atoms with van der Waals surface area (Å²) in [7, 11) is 0. The van der Waals surface area contributed by atoms with Crippen molar-refractivity contribution in [2.24, 2.45) is 0 Å².